The van der Waals surface area contributed by atoms with Crippen molar-refractivity contribution in [1.82, 2.24) is 10.2 Å². The SMILES string of the molecule is CCOC(=O)N1CCC(NC(=O)[C@@H](C)Cl)CC1. The van der Waals surface area contributed by atoms with Gasteiger partial charge in [-0.2, -0.15) is 0 Å². The summed E-state index contributed by atoms with van der Waals surface area (Å²) in [6.07, 6.45) is 1.21. The number of carbonyl (C=O) groups is 2. The van der Waals surface area contributed by atoms with Crippen LogP contribution < -0.4 is 5.32 Å². The molecule has 0 aromatic carbocycles. The molecule has 1 saturated heterocycles. The predicted molar refractivity (Wildman–Crippen MR) is 65.1 cm³/mol. The van der Waals surface area contributed by atoms with Gasteiger partial charge < -0.3 is 15.0 Å². The van der Waals surface area contributed by atoms with Crippen molar-refractivity contribution in [2.75, 3.05) is 19.7 Å². The minimum Gasteiger partial charge on any atom is -0.450 e. The summed E-state index contributed by atoms with van der Waals surface area (Å²) in [6, 6.07) is 0.106. The normalized spacial score (nSPS) is 18.6. The Kier molecular flexibility index (Phi) is 5.55. The number of piperidine rings is 1. The molecule has 1 aliphatic heterocycles. The van der Waals surface area contributed by atoms with Gasteiger partial charge in [0.05, 0.1) is 6.61 Å². The van der Waals surface area contributed by atoms with E-state index in [1.807, 2.05) is 0 Å². The van der Waals surface area contributed by atoms with Crippen LogP contribution in [0.1, 0.15) is 26.7 Å². The van der Waals surface area contributed by atoms with Crippen molar-refractivity contribution >= 4 is 23.6 Å². The predicted octanol–water partition coefficient (Wildman–Crippen LogP) is 1.35. The minimum atomic E-state index is -0.516. The second-order valence-corrected chi connectivity index (χ2v) is 4.74. The molecule has 98 valence electrons. The molecule has 17 heavy (non-hydrogen) atoms. The van der Waals surface area contributed by atoms with Gasteiger partial charge in [-0.25, -0.2) is 4.79 Å². The Labute approximate surface area is 106 Å². The van der Waals surface area contributed by atoms with Crippen molar-refractivity contribution in [3.8, 4) is 0 Å². The lowest BCUT2D eigenvalue weighted by atomic mass is 10.1. The van der Waals surface area contributed by atoms with E-state index in [-0.39, 0.29) is 18.0 Å². The highest BCUT2D eigenvalue weighted by Crippen LogP contribution is 2.12. The van der Waals surface area contributed by atoms with Gasteiger partial charge in [0.25, 0.3) is 0 Å². The lowest BCUT2D eigenvalue weighted by Crippen LogP contribution is -2.47. The number of ether oxygens (including phenoxy) is 1. The van der Waals surface area contributed by atoms with E-state index < -0.39 is 5.38 Å². The first-order valence-corrected chi connectivity index (χ1v) is 6.34. The maximum atomic E-state index is 11.4. The van der Waals surface area contributed by atoms with Crippen molar-refractivity contribution in [2.45, 2.75) is 38.1 Å². The fourth-order valence-corrected chi connectivity index (χ4v) is 1.80. The molecule has 2 amide bonds. The van der Waals surface area contributed by atoms with Gasteiger partial charge in [0, 0.05) is 19.1 Å². The first-order valence-electron chi connectivity index (χ1n) is 5.90. The molecule has 1 heterocycles. The van der Waals surface area contributed by atoms with Crippen LogP contribution in [-0.2, 0) is 9.53 Å². The number of hydrogen-bond donors (Lipinski definition) is 1. The van der Waals surface area contributed by atoms with Crippen molar-refractivity contribution < 1.29 is 14.3 Å². The maximum Gasteiger partial charge on any atom is 0.409 e. The molecule has 1 rings (SSSR count). The lowest BCUT2D eigenvalue weighted by Gasteiger charge is -2.31. The summed E-state index contributed by atoms with van der Waals surface area (Å²) in [7, 11) is 0. The van der Waals surface area contributed by atoms with E-state index in [1.54, 1.807) is 18.7 Å². The van der Waals surface area contributed by atoms with Crippen LogP contribution in [0.2, 0.25) is 0 Å². The molecule has 1 aliphatic rings. The zero-order valence-electron chi connectivity index (χ0n) is 10.2. The summed E-state index contributed by atoms with van der Waals surface area (Å²) in [5.41, 5.74) is 0. The summed E-state index contributed by atoms with van der Waals surface area (Å²) in [4.78, 5) is 24.5. The summed E-state index contributed by atoms with van der Waals surface area (Å²) >= 11 is 5.67. The van der Waals surface area contributed by atoms with E-state index in [0.29, 0.717) is 19.7 Å². The smallest absolute Gasteiger partial charge is 0.409 e. The van der Waals surface area contributed by atoms with Crippen LogP contribution in [0.5, 0.6) is 0 Å². The lowest BCUT2D eigenvalue weighted by molar-refractivity contribution is -0.121. The topological polar surface area (TPSA) is 58.6 Å². The Morgan fingerprint density at radius 2 is 2.06 bits per heavy atom. The molecule has 5 nitrogen and oxygen atoms in total. The third kappa shape index (κ3) is 4.42. The number of amides is 2. The van der Waals surface area contributed by atoms with Crippen molar-refractivity contribution in [3.05, 3.63) is 0 Å². The fourth-order valence-electron chi connectivity index (χ4n) is 1.74. The van der Waals surface area contributed by atoms with Gasteiger partial charge in [0.1, 0.15) is 5.38 Å². The summed E-state index contributed by atoms with van der Waals surface area (Å²) in [5.74, 6) is -0.152. The molecule has 1 fully saturated rings. The zero-order valence-corrected chi connectivity index (χ0v) is 11.0. The molecule has 0 radical (unpaired) electrons. The first-order chi connectivity index (χ1) is 8.04. The standard InChI is InChI=1S/C11H19ClN2O3/c1-3-17-11(16)14-6-4-9(5-7-14)13-10(15)8(2)12/h8-9H,3-7H2,1-2H3,(H,13,15)/t8-/m1/s1. The Bertz CT molecular complexity index is 276. The Morgan fingerprint density at radius 1 is 1.47 bits per heavy atom. The number of nitrogens with zero attached hydrogens (tertiary/aromatic N) is 1. The molecule has 0 saturated carbocycles. The van der Waals surface area contributed by atoms with Crippen LogP contribution >= 0.6 is 11.6 Å². The van der Waals surface area contributed by atoms with E-state index in [4.69, 9.17) is 16.3 Å². The van der Waals surface area contributed by atoms with Gasteiger partial charge in [-0.1, -0.05) is 0 Å². The highest BCUT2D eigenvalue weighted by molar-refractivity contribution is 6.30. The van der Waals surface area contributed by atoms with Crippen LogP contribution in [-0.4, -0.2) is 48.0 Å². The summed E-state index contributed by atoms with van der Waals surface area (Å²) < 4.78 is 4.91. The minimum absolute atomic E-state index is 0.106. The molecule has 0 aromatic rings. The fraction of sp³-hybridized carbons (Fsp3) is 0.818. The molecular weight excluding hydrogens is 244 g/mol. The van der Waals surface area contributed by atoms with Gasteiger partial charge >= 0.3 is 6.09 Å². The van der Waals surface area contributed by atoms with E-state index >= 15 is 0 Å². The van der Waals surface area contributed by atoms with Crippen LogP contribution in [0.15, 0.2) is 0 Å². The van der Waals surface area contributed by atoms with Crippen LogP contribution in [0.3, 0.4) is 0 Å². The highest BCUT2D eigenvalue weighted by atomic mass is 35.5. The third-order valence-electron chi connectivity index (χ3n) is 2.73. The van der Waals surface area contributed by atoms with Crippen LogP contribution in [0.25, 0.3) is 0 Å². The second-order valence-electron chi connectivity index (χ2n) is 4.08. The monoisotopic (exact) mass is 262 g/mol. The van der Waals surface area contributed by atoms with E-state index in [1.165, 1.54) is 0 Å². The quantitative estimate of drug-likeness (QED) is 0.781. The molecule has 0 unspecified atom stereocenters. The van der Waals surface area contributed by atoms with Gasteiger partial charge in [0.2, 0.25) is 5.91 Å². The zero-order chi connectivity index (χ0) is 12.8. The number of likely N-dealkylation sites (tertiary alicyclic amines) is 1. The number of nitrogens with one attached hydrogen (secondary N) is 1. The molecular formula is C11H19ClN2O3. The Balaban J connectivity index is 2.31. The average Bonchev–Trinajstić information content (AvgIpc) is 2.30. The molecule has 0 spiro atoms. The highest BCUT2D eigenvalue weighted by Gasteiger charge is 2.25. The molecule has 0 aromatic heterocycles. The Hall–Kier alpha value is -0.970. The van der Waals surface area contributed by atoms with Gasteiger partial charge in [-0.15, -0.1) is 11.6 Å². The Morgan fingerprint density at radius 3 is 2.53 bits per heavy atom. The second kappa shape index (κ2) is 6.69. The van der Waals surface area contributed by atoms with Crippen molar-refractivity contribution in [3.63, 3.8) is 0 Å². The van der Waals surface area contributed by atoms with Gasteiger partial charge in [-0.3, -0.25) is 4.79 Å². The summed E-state index contributed by atoms with van der Waals surface area (Å²) in [6.45, 7) is 5.04. The molecule has 6 heteroatoms. The number of rotatable bonds is 3. The van der Waals surface area contributed by atoms with Crippen molar-refractivity contribution in [1.29, 1.82) is 0 Å². The number of halogens is 1. The first kappa shape index (κ1) is 14.1. The number of alkyl halides is 1. The van der Waals surface area contributed by atoms with Gasteiger partial charge in [0.15, 0.2) is 0 Å². The largest absolute Gasteiger partial charge is 0.450 e. The molecule has 0 aliphatic carbocycles. The van der Waals surface area contributed by atoms with E-state index in [0.717, 1.165) is 12.8 Å². The van der Waals surface area contributed by atoms with Crippen LogP contribution in [0.4, 0.5) is 4.79 Å². The molecule has 0 bridgehead atoms. The third-order valence-corrected chi connectivity index (χ3v) is 2.93. The van der Waals surface area contributed by atoms with Gasteiger partial charge in [-0.05, 0) is 26.7 Å². The maximum absolute atomic E-state index is 11.4. The van der Waals surface area contributed by atoms with Crippen molar-refractivity contribution in [2.24, 2.45) is 0 Å². The number of hydrogen-bond acceptors (Lipinski definition) is 3. The van der Waals surface area contributed by atoms with E-state index in [9.17, 15) is 9.59 Å². The van der Waals surface area contributed by atoms with E-state index in [2.05, 4.69) is 5.32 Å². The molecule has 1 N–H and O–H groups in total. The number of carbonyl (C=O) groups excluding carboxylic acids is 2. The molecule has 1 atom stereocenters. The summed E-state index contributed by atoms with van der Waals surface area (Å²) in [5, 5.41) is 2.34. The average molecular weight is 263 g/mol. The van der Waals surface area contributed by atoms with Crippen LogP contribution in [0, 0.1) is 0 Å².